The second kappa shape index (κ2) is 3.50. The van der Waals surface area contributed by atoms with Gasteiger partial charge in [0.2, 0.25) is 0 Å². The normalized spacial score (nSPS) is 26.9. The Kier molecular flexibility index (Phi) is 2.30. The lowest BCUT2D eigenvalue weighted by molar-refractivity contribution is -0.134. The topological polar surface area (TPSA) is 80.5 Å². The van der Waals surface area contributed by atoms with Gasteiger partial charge in [-0.15, -0.1) is 0 Å². The van der Waals surface area contributed by atoms with Crippen LogP contribution in [0.1, 0.15) is 37.4 Å². The van der Waals surface area contributed by atoms with Gasteiger partial charge in [0.25, 0.3) is 15.9 Å². The highest BCUT2D eigenvalue weighted by molar-refractivity contribution is 7.94. The van der Waals surface area contributed by atoms with E-state index in [-0.39, 0.29) is 11.9 Å². The standard InChI is InChI=1S/C13H16N2O3S/c1-13(2)12(16)15(19(13,17)18)11-6-3-8-7-9(14)4-5-10(8)11/h4-5,7,11H,3,6,14H2,1-2H3. The van der Waals surface area contributed by atoms with Gasteiger partial charge in [-0.25, -0.2) is 12.7 Å². The van der Waals surface area contributed by atoms with Gasteiger partial charge in [0.15, 0.2) is 4.75 Å². The number of sulfonamides is 1. The van der Waals surface area contributed by atoms with E-state index in [2.05, 4.69) is 0 Å². The fraction of sp³-hybridized carbons (Fsp3) is 0.462. The zero-order chi connectivity index (χ0) is 14.0. The third-order valence-corrected chi connectivity index (χ3v) is 6.52. The maximum Gasteiger partial charge on any atom is 0.259 e. The summed E-state index contributed by atoms with van der Waals surface area (Å²) in [4.78, 5) is 12.1. The van der Waals surface area contributed by atoms with Crippen molar-refractivity contribution in [3.05, 3.63) is 29.3 Å². The third-order valence-electron chi connectivity index (χ3n) is 4.12. The molecule has 0 saturated carbocycles. The molecule has 1 fully saturated rings. The second-order valence-electron chi connectivity index (χ2n) is 5.63. The lowest BCUT2D eigenvalue weighted by Crippen LogP contribution is -2.67. The SMILES string of the molecule is CC1(C)C(=O)N(C2CCc3cc(N)ccc32)S1(=O)=O. The van der Waals surface area contributed by atoms with Gasteiger partial charge < -0.3 is 5.73 Å². The molecule has 1 amide bonds. The van der Waals surface area contributed by atoms with Crippen molar-refractivity contribution in [1.29, 1.82) is 0 Å². The summed E-state index contributed by atoms with van der Waals surface area (Å²) in [5.74, 6) is -0.317. The van der Waals surface area contributed by atoms with Crippen molar-refractivity contribution in [1.82, 2.24) is 4.31 Å². The van der Waals surface area contributed by atoms with Gasteiger partial charge in [-0.05, 0) is 49.9 Å². The van der Waals surface area contributed by atoms with Gasteiger partial charge in [-0.2, -0.15) is 0 Å². The molecule has 102 valence electrons. The average molecular weight is 280 g/mol. The highest BCUT2D eigenvalue weighted by Gasteiger charge is 2.62. The zero-order valence-corrected chi connectivity index (χ0v) is 11.7. The molecule has 1 aliphatic heterocycles. The first-order chi connectivity index (χ1) is 8.76. The van der Waals surface area contributed by atoms with Crippen LogP contribution in [-0.4, -0.2) is 23.4 Å². The van der Waals surface area contributed by atoms with Crippen LogP contribution < -0.4 is 5.73 Å². The smallest absolute Gasteiger partial charge is 0.259 e. The van der Waals surface area contributed by atoms with E-state index in [1.807, 2.05) is 12.1 Å². The summed E-state index contributed by atoms with van der Waals surface area (Å²) in [7, 11) is -3.53. The number of anilines is 1. The minimum atomic E-state index is -3.53. The minimum Gasteiger partial charge on any atom is -0.399 e. The van der Waals surface area contributed by atoms with Crippen molar-refractivity contribution >= 4 is 21.6 Å². The molecule has 1 saturated heterocycles. The molecule has 1 atom stereocenters. The van der Waals surface area contributed by atoms with E-state index in [1.165, 1.54) is 13.8 Å². The Morgan fingerprint density at radius 2 is 2.05 bits per heavy atom. The Morgan fingerprint density at radius 1 is 1.37 bits per heavy atom. The maximum atomic E-state index is 12.2. The van der Waals surface area contributed by atoms with Crippen molar-refractivity contribution in [3.63, 3.8) is 0 Å². The molecule has 5 nitrogen and oxygen atoms in total. The molecule has 0 aromatic heterocycles. The van der Waals surface area contributed by atoms with Gasteiger partial charge in [0, 0.05) is 5.69 Å². The fourth-order valence-electron chi connectivity index (χ4n) is 2.86. The number of nitrogens with zero attached hydrogens (tertiary/aromatic N) is 1. The van der Waals surface area contributed by atoms with Crippen molar-refractivity contribution in [2.45, 2.75) is 37.5 Å². The molecule has 0 radical (unpaired) electrons. The van der Waals surface area contributed by atoms with Gasteiger partial charge in [-0.3, -0.25) is 4.79 Å². The average Bonchev–Trinajstić information content (AvgIpc) is 2.71. The first kappa shape index (κ1) is 12.5. The Labute approximate surface area is 112 Å². The Bertz CT molecular complexity index is 679. The Balaban J connectivity index is 2.03. The van der Waals surface area contributed by atoms with Crippen molar-refractivity contribution < 1.29 is 13.2 Å². The molecule has 1 unspecified atom stereocenters. The number of rotatable bonds is 1. The molecule has 19 heavy (non-hydrogen) atoms. The van der Waals surface area contributed by atoms with Crippen LogP contribution in [0.5, 0.6) is 0 Å². The highest BCUT2D eigenvalue weighted by atomic mass is 32.2. The Hall–Kier alpha value is -1.56. The number of amides is 1. The van der Waals surface area contributed by atoms with E-state index in [9.17, 15) is 13.2 Å². The minimum absolute atomic E-state index is 0.317. The van der Waals surface area contributed by atoms with Crippen LogP contribution in [0.15, 0.2) is 18.2 Å². The molecule has 1 aromatic rings. The summed E-state index contributed by atoms with van der Waals surface area (Å²) in [6, 6.07) is 5.08. The van der Waals surface area contributed by atoms with E-state index < -0.39 is 14.8 Å². The molecule has 0 spiro atoms. The van der Waals surface area contributed by atoms with E-state index >= 15 is 0 Å². The molecule has 6 heteroatoms. The molecule has 3 rings (SSSR count). The maximum absolute atomic E-state index is 12.2. The van der Waals surface area contributed by atoms with E-state index in [1.54, 1.807) is 6.07 Å². The molecule has 1 aliphatic carbocycles. The van der Waals surface area contributed by atoms with E-state index in [4.69, 9.17) is 5.73 Å². The molecule has 1 aromatic carbocycles. The van der Waals surface area contributed by atoms with Crippen molar-refractivity contribution in [2.24, 2.45) is 0 Å². The van der Waals surface area contributed by atoms with Gasteiger partial charge in [0.05, 0.1) is 6.04 Å². The van der Waals surface area contributed by atoms with Crippen LogP contribution in [0.2, 0.25) is 0 Å². The van der Waals surface area contributed by atoms with Crippen LogP contribution >= 0.6 is 0 Å². The molecule has 1 heterocycles. The quantitative estimate of drug-likeness (QED) is 0.784. The fourth-order valence-corrected chi connectivity index (χ4v) is 4.54. The third kappa shape index (κ3) is 1.40. The number of hydrogen-bond acceptors (Lipinski definition) is 4. The first-order valence-electron chi connectivity index (χ1n) is 6.23. The van der Waals surface area contributed by atoms with Crippen LogP contribution in [0.4, 0.5) is 5.69 Å². The highest BCUT2D eigenvalue weighted by Crippen LogP contribution is 2.46. The number of fused-ring (bicyclic) bond motifs is 1. The van der Waals surface area contributed by atoms with Gasteiger partial charge in [-0.1, -0.05) is 6.07 Å². The summed E-state index contributed by atoms with van der Waals surface area (Å²) in [6.07, 6.45) is 1.39. The number of nitrogens with two attached hydrogens (primary N) is 1. The van der Waals surface area contributed by atoms with Gasteiger partial charge in [0.1, 0.15) is 0 Å². The van der Waals surface area contributed by atoms with Crippen LogP contribution in [-0.2, 0) is 21.2 Å². The predicted molar refractivity (Wildman–Crippen MR) is 71.8 cm³/mol. The molecular formula is C13H16N2O3S. The molecule has 2 aliphatic rings. The van der Waals surface area contributed by atoms with Crippen LogP contribution in [0, 0.1) is 0 Å². The summed E-state index contributed by atoms with van der Waals surface area (Å²) in [6.45, 7) is 2.92. The van der Waals surface area contributed by atoms with Gasteiger partial charge >= 0.3 is 0 Å². The van der Waals surface area contributed by atoms with Crippen molar-refractivity contribution in [2.75, 3.05) is 5.73 Å². The number of carbonyl (C=O) groups is 1. The first-order valence-corrected chi connectivity index (χ1v) is 7.67. The number of nitrogen functional groups attached to an aromatic ring is 1. The molecular weight excluding hydrogens is 264 g/mol. The van der Waals surface area contributed by atoms with E-state index in [0.29, 0.717) is 12.1 Å². The Morgan fingerprint density at radius 3 is 2.68 bits per heavy atom. The number of aryl methyl sites for hydroxylation is 1. The summed E-state index contributed by atoms with van der Waals surface area (Å²) >= 11 is 0. The second-order valence-corrected chi connectivity index (χ2v) is 7.99. The molecule has 2 N–H and O–H groups in total. The van der Waals surface area contributed by atoms with Crippen molar-refractivity contribution in [3.8, 4) is 0 Å². The summed E-state index contributed by atoms with van der Waals surface area (Å²) in [5.41, 5.74) is 8.33. The van der Waals surface area contributed by atoms with Crippen LogP contribution in [0.25, 0.3) is 0 Å². The summed E-state index contributed by atoms with van der Waals surface area (Å²) < 4.78 is 24.2. The summed E-state index contributed by atoms with van der Waals surface area (Å²) in [5, 5.41) is 0. The number of hydrogen-bond donors (Lipinski definition) is 1. The lowest BCUT2D eigenvalue weighted by Gasteiger charge is -2.46. The lowest BCUT2D eigenvalue weighted by atomic mass is 10.1. The number of benzene rings is 1. The van der Waals surface area contributed by atoms with Crippen LogP contribution in [0.3, 0.4) is 0 Å². The number of carbonyl (C=O) groups excluding carboxylic acids is 1. The molecule has 0 bridgehead atoms. The predicted octanol–water partition coefficient (Wildman–Crippen LogP) is 1.21. The largest absolute Gasteiger partial charge is 0.399 e. The van der Waals surface area contributed by atoms with E-state index in [0.717, 1.165) is 21.9 Å². The zero-order valence-electron chi connectivity index (χ0n) is 10.9. The monoisotopic (exact) mass is 280 g/mol.